The van der Waals surface area contributed by atoms with Crippen molar-refractivity contribution in [2.75, 3.05) is 19.5 Å². The molecule has 0 fully saturated rings. The van der Waals surface area contributed by atoms with Gasteiger partial charge in [-0.3, -0.25) is 10.1 Å². The van der Waals surface area contributed by atoms with Gasteiger partial charge in [0.15, 0.2) is 5.13 Å². The number of methoxy groups -OCH3 is 2. The van der Waals surface area contributed by atoms with Gasteiger partial charge in [-0.15, -0.1) is 11.3 Å². The van der Waals surface area contributed by atoms with Crippen LogP contribution >= 0.6 is 11.3 Å². The van der Waals surface area contributed by atoms with E-state index in [4.69, 9.17) is 9.47 Å². The number of nitrogens with one attached hydrogen (secondary N) is 1. The Bertz CT molecular complexity index is 911. The molecule has 0 spiro atoms. The third-order valence-electron chi connectivity index (χ3n) is 3.49. The van der Waals surface area contributed by atoms with Crippen molar-refractivity contribution in [1.29, 1.82) is 0 Å². The second-order valence-electron chi connectivity index (χ2n) is 5.07. The zero-order valence-electron chi connectivity index (χ0n) is 13.6. The van der Waals surface area contributed by atoms with Gasteiger partial charge in [0.05, 0.1) is 19.9 Å². The number of benzene rings is 2. The molecule has 5 nitrogen and oxygen atoms in total. The smallest absolute Gasteiger partial charge is 0.257 e. The second kappa shape index (κ2) is 7.31. The average Bonchev–Trinajstić information content (AvgIpc) is 3.09. The topological polar surface area (TPSA) is 60.5 Å². The van der Waals surface area contributed by atoms with Gasteiger partial charge in [0.1, 0.15) is 17.3 Å². The summed E-state index contributed by atoms with van der Waals surface area (Å²) in [7, 11) is 3.15. The molecule has 3 rings (SSSR count). The quantitative estimate of drug-likeness (QED) is 0.742. The summed E-state index contributed by atoms with van der Waals surface area (Å²) in [6, 6.07) is 10.9. The highest BCUT2D eigenvalue weighted by Crippen LogP contribution is 2.35. The average molecular weight is 358 g/mol. The standard InChI is InChI=1S/C18H15FN2O3S/c1-23-13-6-7-16(24-2)14(9-13)15-10-25-18(20-15)21-17(22)11-4-3-5-12(19)8-11/h3-10H,1-2H3,(H,20,21,22). The van der Waals surface area contributed by atoms with Gasteiger partial charge in [-0.05, 0) is 36.4 Å². The fraction of sp³-hybridized carbons (Fsp3) is 0.111. The van der Waals surface area contributed by atoms with Crippen molar-refractivity contribution in [2.24, 2.45) is 0 Å². The Balaban J connectivity index is 1.84. The van der Waals surface area contributed by atoms with E-state index >= 15 is 0 Å². The largest absolute Gasteiger partial charge is 0.497 e. The van der Waals surface area contributed by atoms with E-state index in [1.54, 1.807) is 31.7 Å². The van der Waals surface area contributed by atoms with Crippen LogP contribution in [0.25, 0.3) is 11.3 Å². The van der Waals surface area contributed by atoms with Crippen molar-refractivity contribution in [3.63, 3.8) is 0 Å². The Morgan fingerprint density at radius 2 is 2.00 bits per heavy atom. The van der Waals surface area contributed by atoms with Crippen LogP contribution in [-0.4, -0.2) is 25.1 Å². The third kappa shape index (κ3) is 3.77. The van der Waals surface area contributed by atoms with E-state index in [0.29, 0.717) is 22.3 Å². The fourth-order valence-electron chi connectivity index (χ4n) is 2.27. The van der Waals surface area contributed by atoms with Crippen LogP contribution in [0.2, 0.25) is 0 Å². The highest BCUT2D eigenvalue weighted by molar-refractivity contribution is 7.14. The molecular weight excluding hydrogens is 343 g/mol. The molecule has 1 aromatic heterocycles. The Labute approximate surface area is 148 Å². The molecular formula is C18H15FN2O3S. The van der Waals surface area contributed by atoms with E-state index in [0.717, 1.165) is 5.56 Å². The highest BCUT2D eigenvalue weighted by atomic mass is 32.1. The summed E-state index contributed by atoms with van der Waals surface area (Å²) in [5.41, 5.74) is 1.63. The molecule has 3 aromatic rings. The first kappa shape index (κ1) is 16.9. The number of amides is 1. The third-order valence-corrected chi connectivity index (χ3v) is 4.25. The maximum atomic E-state index is 13.2. The minimum Gasteiger partial charge on any atom is -0.497 e. The Hall–Kier alpha value is -2.93. The van der Waals surface area contributed by atoms with Crippen molar-refractivity contribution < 1.29 is 18.7 Å². The SMILES string of the molecule is COc1ccc(OC)c(-c2csc(NC(=O)c3cccc(F)c3)n2)c1. The van der Waals surface area contributed by atoms with Crippen molar-refractivity contribution in [3.05, 3.63) is 59.2 Å². The van der Waals surface area contributed by atoms with Gasteiger partial charge in [0, 0.05) is 16.5 Å². The van der Waals surface area contributed by atoms with Gasteiger partial charge >= 0.3 is 0 Å². The predicted octanol–water partition coefficient (Wildman–Crippen LogP) is 4.22. The van der Waals surface area contributed by atoms with Gasteiger partial charge in [-0.1, -0.05) is 6.07 Å². The maximum absolute atomic E-state index is 13.2. The highest BCUT2D eigenvalue weighted by Gasteiger charge is 2.14. The van der Waals surface area contributed by atoms with Crippen molar-refractivity contribution in [2.45, 2.75) is 0 Å². The van der Waals surface area contributed by atoms with Crippen LogP contribution in [0, 0.1) is 5.82 Å². The van der Waals surface area contributed by atoms with Crippen LogP contribution < -0.4 is 14.8 Å². The number of ether oxygens (including phenoxy) is 2. The van der Waals surface area contributed by atoms with E-state index in [-0.39, 0.29) is 5.56 Å². The van der Waals surface area contributed by atoms with Gasteiger partial charge in [-0.25, -0.2) is 9.37 Å². The normalized spacial score (nSPS) is 10.4. The predicted molar refractivity (Wildman–Crippen MR) is 95.0 cm³/mol. The summed E-state index contributed by atoms with van der Waals surface area (Å²) < 4.78 is 23.8. The monoisotopic (exact) mass is 358 g/mol. The molecule has 0 atom stereocenters. The molecule has 0 unspecified atom stereocenters. The van der Waals surface area contributed by atoms with E-state index < -0.39 is 11.7 Å². The van der Waals surface area contributed by atoms with Gasteiger partial charge in [-0.2, -0.15) is 0 Å². The molecule has 0 radical (unpaired) electrons. The zero-order chi connectivity index (χ0) is 17.8. The number of nitrogens with zero attached hydrogens (tertiary/aromatic N) is 1. The van der Waals surface area contributed by atoms with E-state index in [2.05, 4.69) is 10.3 Å². The van der Waals surface area contributed by atoms with Gasteiger partial charge < -0.3 is 9.47 Å². The lowest BCUT2D eigenvalue weighted by atomic mass is 10.1. The fourth-order valence-corrected chi connectivity index (χ4v) is 2.97. The number of halogens is 1. The van der Waals surface area contributed by atoms with E-state index in [1.165, 1.54) is 35.6 Å². The number of anilines is 1. The van der Waals surface area contributed by atoms with Crippen LogP contribution in [0.3, 0.4) is 0 Å². The number of thiazole rings is 1. The summed E-state index contributed by atoms with van der Waals surface area (Å²) in [5, 5.41) is 4.89. The lowest BCUT2D eigenvalue weighted by Gasteiger charge is -2.08. The number of aromatic nitrogens is 1. The Morgan fingerprint density at radius 3 is 2.72 bits per heavy atom. The summed E-state index contributed by atoms with van der Waals surface area (Å²) in [6.45, 7) is 0. The first-order chi connectivity index (χ1) is 12.1. The molecule has 0 aliphatic rings. The molecule has 25 heavy (non-hydrogen) atoms. The first-order valence-electron chi connectivity index (χ1n) is 7.35. The molecule has 0 bridgehead atoms. The van der Waals surface area contributed by atoms with Crippen LogP contribution in [0.4, 0.5) is 9.52 Å². The zero-order valence-corrected chi connectivity index (χ0v) is 14.4. The van der Waals surface area contributed by atoms with Crippen molar-refractivity contribution in [1.82, 2.24) is 4.98 Å². The van der Waals surface area contributed by atoms with Gasteiger partial charge in [0.2, 0.25) is 0 Å². The van der Waals surface area contributed by atoms with Crippen molar-refractivity contribution >= 4 is 22.4 Å². The first-order valence-corrected chi connectivity index (χ1v) is 8.23. The molecule has 1 heterocycles. The van der Waals surface area contributed by atoms with Crippen LogP contribution in [0.1, 0.15) is 10.4 Å². The molecule has 0 saturated carbocycles. The maximum Gasteiger partial charge on any atom is 0.257 e. The van der Waals surface area contributed by atoms with Crippen LogP contribution in [0.15, 0.2) is 47.8 Å². The Morgan fingerprint density at radius 1 is 1.16 bits per heavy atom. The number of hydrogen-bond acceptors (Lipinski definition) is 5. The number of hydrogen-bond donors (Lipinski definition) is 1. The van der Waals surface area contributed by atoms with Crippen LogP contribution in [0.5, 0.6) is 11.5 Å². The lowest BCUT2D eigenvalue weighted by molar-refractivity contribution is 0.102. The van der Waals surface area contributed by atoms with Gasteiger partial charge in [0.25, 0.3) is 5.91 Å². The molecule has 0 saturated heterocycles. The lowest BCUT2D eigenvalue weighted by Crippen LogP contribution is -2.11. The van der Waals surface area contributed by atoms with E-state index in [9.17, 15) is 9.18 Å². The Kier molecular flexibility index (Phi) is 4.95. The molecule has 0 aliphatic heterocycles. The minimum absolute atomic E-state index is 0.232. The van der Waals surface area contributed by atoms with E-state index in [1.807, 2.05) is 6.07 Å². The molecule has 0 aliphatic carbocycles. The number of carbonyl (C=O) groups excluding carboxylic acids is 1. The van der Waals surface area contributed by atoms with Crippen LogP contribution in [-0.2, 0) is 0 Å². The minimum atomic E-state index is -0.464. The van der Waals surface area contributed by atoms with Crippen molar-refractivity contribution in [3.8, 4) is 22.8 Å². The summed E-state index contributed by atoms with van der Waals surface area (Å²) in [5.74, 6) is 0.440. The summed E-state index contributed by atoms with van der Waals surface area (Å²) >= 11 is 1.27. The summed E-state index contributed by atoms with van der Waals surface area (Å²) in [4.78, 5) is 16.6. The molecule has 128 valence electrons. The number of carbonyl (C=O) groups is 1. The molecule has 2 aromatic carbocycles. The second-order valence-corrected chi connectivity index (χ2v) is 5.93. The molecule has 1 N–H and O–H groups in total. The number of rotatable bonds is 5. The molecule has 1 amide bonds. The summed E-state index contributed by atoms with van der Waals surface area (Å²) in [6.07, 6.45) is 0. The molecule has 7 heteroatoms.